The van der Waals surface area contributed by atoms with Gasteiger partial charge in [0.25, 0.3) is 0 Å². The fourth-order valence-corrected chi connectivity index (χ4v) is 8.57. The SMILES string of the molecule is COCC(O)COCC(C)(COCOCC(O)COC(=O)c1cc(O)cc(O)c1)COCC(O)COC(=O)c1cc(O)cc(O)c1.Cc1cc(O)cc(C(=O)OCC(O)COCC(C)(COCOCC(O)COC(=O)c2cc(O)cc(O)c2)COCC(O)COC(=O)c2cc(O)cc(O)c2)c1. The van der Waals surface area contributed by atoms with Gasteiger partial charge in [-0.05, 0) is 79.2 Å². The van der Waals surface area contributed by atoms with Crippen LogP contribution in [0.2, 0.25) is 0 Å². The van der Waals surface area contributed by atoms with Gasteiger partial charge in [0.15, 0.2) is 0 Å². The minimum Gasteiger partial charge on any atom is -0.508 e. The number of phenols is 9. The second kappa shape index (κ2) is 43.7. The van der Waals surface area contributed by atoms with E-state index >= 15 is 0 Å². The van der Waals surface area contributed by atoms with E-state index in [2.05, 4.69) is 0 Å². The fourth-order valence-electron chi connectivity index (χ4n) is 8.57. The Labute approximate surface area is 578 Å². The number of aryl methyl sites for hydroxylation is 1. The molecule has 0 aliphatic heterocycles. The summed E-state index contributed by atoms with van der Waals surface area (Å²) in [7, 11) is 1.44. The summed E-state index contributed by atoms with van der Waals surface area (Å²) in [5.74, 6) is -7.12. The number of hydrogen-bond donors (Lipinski definition) is 15. The van der Waals surface area contributed by atoms with Gasteiger partial charge < -0.3 is 143 Å². The molecule has 0 bridgehead atoms. The Hall–Kier alpha value is -8.95. The van der Waals surface area contributed by atoms with Crippen LogP contribution in [0.1, 0.15) is 71.2 Å². The zero-order valence-corrected chi connectivity index (χ0v) is 55.7. The number of aromatic hydroxyl groups is 9. The van der Waals surface area contributed by atoms with Gasteiger partial charge in [0.05, 0.1) is 114 Å². The number of methoxy groups -OCH3 is 1. The summed E-state index contributed by atoms with van der Waals surface area (Å²) in [4.78, 5) is 61.0. The topological polar surface area (TPSA) is 518 Å². The fraction of sp³-hybridized carbons (Fsp3) is 0.478. The average molecular weight is 1440 g/mol. The van der Waals surface area contributed by atoms with Crippen molar-refractivity contribution in [3.63, 3.8) is 0 Å². The molecule has 8 unspecified atom stereocenters. The molecule has 34 heteroatoms. The smallest absolute Gasteiger partial charge is 0.338 e. The highest BCUT2D eigenvalue weighted by molar-refractivity contribution is 5.92. The van der Waals surface area contributed by atoms with E-state index in [1.807, 2.05) is 0 Å². The minimum atomic E-state index is -1.27. The van der Waals surface area contributed by atoms with Crippen molar-refractivity contribution in [1.82, 2.24) is 0 Å². The molecule has 101 heavy (non-hydrogen) atoms. The lowest BCUT2D eigenvalue weighted by Crippen LogP contribution is -2.37. The van der Waals surface area contributed by atoms with Crippen molar-refractivity contribution in [2.75, 3.05) is 140 Å². The summed E-state index contributed by atoms with van der Waals surface area (Å²) in [6.07, 6.45) is -7.02. The van der Waals surface area contributed by atoms with Gasteiger partial charge in [0.2, 0.25) is 0 Å². The van der Waals surface area contributed by atoms with Crippen LogP contribution in [-0.4, -0.2) is 283 Å². The van der Waals surface area contributed by atoms with Crippen molar-refractivity contribution in [2.45, 2.75) is 57.4 Å². The zero-order valence-electron chi connectivity index (χ0n) is 55.7. The van der Waals surface area contributed by atoms with Crippen LogP contribution >= 0.6 is 0 Å². The van der Waals surface area contributed by atoms with Gasteiger partial charge in [-0.2, -0.15) is 0 Å². The van der Waals surface area contributed by atoms with Crippen molar-refractivity contribution in [3.05, 3.63) is 124 Å². The first-order valence-electron chi connectivity index (χ1n) is 30.8. The summed E-state index contributed by atoms with van der Waals surface area (Å²) in [6.45, 7) is 0.834. The van der Waals surface area contributed by atoms with Crippen LogP contribution < -0.4 is 0 Å². The third-order valence-corrected chi connectivity index (χ3v) is 13.1. The number of rotatable bonds is 45. The molecule has 0 spiro atoms. The Balaban J connectivity index is 0.000000435. The van der Waals surface area contributed by atoms with Crippen LogP contribution in [-0.2, 0) is 66.3 Å². The van der Waals surface area contributed by atoms with E-state index in [-0.39, 0.29) is 179 Å². The lowest BCUT2D eigenvalue weighted by atomic mass is 9.94. The number of benzene rings is 5. The van der Waals surface area contributed by atoms with Gasteiger partial charge in [0.1, 0.15) is 135 Å². The van der Waals surface area contributed by atoms with E-state index in [1.54, 1.807) is 20.8 Å². The molecule has 0 fully saturated rings. The van der Waals surface area contributed by atoms with Gasteiger partial charge in [-0.25, -0.2) is 24.0 Å². The molecular weight excluding hydrogens is 1350 g/mol. The number of hydrogen-bond acceptors (Lipinski definition) is 34. The molecule has 0 aliphatic carbocycles. The van der Waals surface area contributed by atoms with Crippen molar-refractivity contribution in [3.8, 4) is 51.7 Å². The van der Waals surface area contributed by atoms with Gasteiger partial charge in [-0.3, -0.25) is 0 Å². The number of carbonyl (C=O) groups is 5. The monoisotopic (exact) mass is 1440 g/mol. The lowest BCUT2D eigenvalue weighted by molar-refractivity contribution is -0.133. The standard InChI is InChI=1S/C37H46O18.C30H42O16/c1-22-3-23(5-26(38)4-22)34(46)53-15-31(43)12-49-18-37(2,19-50-13-32(44)16-54-35(47)24-6-27(39)10-28(40)7-24)20-52-21-51-14-33(45)17-55-36(48)25-8-29(41)11-30(42)9-25;1-30(15-41-10-25(35)9-40-2,16-42-11-26(36)13-45-28(38)19-3-21(31)7-22(32)4-19)17-44-18-43-12-27(37)14-46-29(39)20-5-23(33)8-24(34)6-20/h3-11,31-33,38-45H,12-21H2,1-2H3;3-8,25-27,31-37H,9-18H2,1-2H3. The molecule has 0 saturated heterocycles. The third-order valence-electron chi connectivity index (χ3n) is 13.1. The molecule has 5 aromatic carbocycles. The Morgan fingerprint density at radius 2 is 0.485 bits per heavy atom. The van der Waals surface area contributed by atoms with Crippen molar-refractivity contribution in [1.29, 1.82) is 0 Å². The quantitative estimate of drug-likeness (QED) is 0.0114. The second-order valence-corrected chi connectivity index (χ2v) is 23.7. The molecule has 15 N–H and O–H groups in total. The van der Waals surface area contributed by atoms with Crippen LogP contribution in [0.3, 0.4) is 0 Å². The molecule has 34 nitrogen and oxygen atoms in total. The van der Waals surface area contributed by atoms with E-state index < -0.39 is 110 Å². The zero-order chi connectivity index (χ0) is 74.7. The molecule has 560 valence electrons. The molecule has 0 aliphatic rings. The van der Waals surface area contributed by atoms with E-state index in [1.165, 1.54) is 25.3 Å². The maximum absolute atomic E-state index is 12.4. The molecule has 5 aromatic rings. The Morgan fingerprint density at radius 1 is 0.287 bits per heavy atom. The summed E-state index contributed by atoms with van der Waals surface area (Å²) in [5, 5.41) is 147. The number of ether oxygens (including phenoxy) is 14. The van der Waals surface area contributed by atoms with Gasteiger partial charge in [0, 0.05) is 42.2 Å². The maximum atomic E-state index is 12.4. The molecular formula is C67H88O34. The predicted molar refractivity (Wildman–Crippen MR) is 344 cm³/mol. The first-order chi connectivity index (χ1) is 47.8. The lowest BCUT2D eigenvalue weighted by Gasteiger charge is -2.30. The number of aliphatic hydroxyl groups excluding tert-OH is 6. The van der Waals surface area contributed by atoms with Crippen LogP contribution in [0.15, 0.2) is 91.0 Å². The van der Waals surface area contributed by atoms with Crippen molar-refractivity contribution < 1.29 is 167 Å². The van der Waals surface area contributed by atoms with Gasteiger partial charge in [-0.15, -0.1) is 0 Å². The number of phenolic OH excluding ortho intramolecular Hbond substituents is 9. The second-order valence-electron chi connectivity index (χ2n) is 23.7. The van der Waals surface area contributed by atoms with E-state index in [0.717, 1.165) is 72.8 Å². The summed E-state index contributed by atoms with van der Waals surface area (Å²) < 4.78 is 74.3. The predicted octanol–water partition coefficient (Wildman–Crippen LogP) is 1.79. The van der Waals surface area contributed by atoms with Gasteiger partial charge >= 0.3 is 29.8 Å². The van der Waals surface area contributed by atoms with Crippen LogP contribution in [0.5, 0.6) is 51.7 Å². The summed E-state index contributed by atoms with van der Waals surface area (Å²) in [6, 6.07) is 17.1. The summed E-state index contributed by atoms with van der Waals surface area (Å²) >= 11 is 0. The van der Waals surface area contributed by atoms with Gasteiger partial charge in [-0.1, -0.05) is 13.8 Å². The van der Waals surface area contributed by atoms with Crippen LogP contribution in [0, 0.1) is 17.8 Å². The number of carbonyl (C=O) groups excluding carboxylic acids is 5. The van der Waals surface area contributed by atoms with E-state index in [0.29, 0.717) is 5.56 Å². The molecule has 0 heterocycles. The largest absolute Gasteiger partial charge is 0.508 e. The highest BCUT2D eigenvalue weighted by Crippen LogP contribution is 2.27. The Kier molecular flexibility index (Phi) is 36.5. The molecule has 0 amide bonds. The Morgan fingerprint density at radius 3 is 0.713 bits per heavy atom. The third kappa shape index (κ3) is 34.3. The molecule has 0 radical (unpaired) electrons. The van der Waals surface area contributed by atoms with Crippen LogP contribution in [0.4, 0.5) is 0 Å². The number of aliphatic hydroxyl groups is 6. The normalized spacial score (nSPS) is 14.3. The Bertz CT molecular complexity index is 3180. The molecule has 8 atom stereocenters. The van der Waals surface area contributed by atoms with E-state index in [4.69, 9.17) is 66.3 Å². The molecule has 0 saturated carbocycles. The molecule has 5 rings (SSSR count). The first kappa shape index (κ1) is 84.5. The molecule has 0 aromatic heterocycles. The highest BCUT2D eigenvalue weighted by Gasteiger charge is 2.30. The van der Waals surface area contributed by atoms with Crippen molar-refractivity contribution >= 4 is 29.8 Å². The first-order valence-corrected chi connectivity index (χ1v) is 30.8. The summed E-state index contributed by atoms with van der Waals surface area (Å²) in [5.41, 5.74) is -1.49. The average Bonchev–Trinajstić information content (AvgIpc) is 0.945. The number of esters is 5. The van der Waals surface area contributed by atoms with Crippen molar-refractivity contribution in [2.24, 2.45) is 10.8 Å². The van der Waals surface area contributed by atoms with Crippen LogP contribution in [0.25, 0.3) is 0 Å². The maximum Gasteiger partial charge on any atom is 0.338 e. The minimum absolute atomic E-state index is 0.00196. The highest BCUT2D eigenvalue weighted by atomic mass is 16.7. The van der Waals surface area contributed by atoms with E-state index in [9.17, 15) is 101 Å².